The smallest absolute Gasteiger partial charge is 0.410 e. The largest absolute Gasteiger partial charge is 0.490 e. The van der Waals surface area contributed by atoms with E-state index in [1.165, 1.54) is 12.4 Å². The summed E-state index contributed by atoms with van der Waals surface area (Å²) in [7, 11) is 0. The van der Waals surface area contributed by atoms with Gasteiger partial charge in [0.1, 0.15) is 24.3 Å². The first-order chi connectivity index (χ1) is 19.3. The van der Waals surface area contributed by atoms with Crippen molar-refractivity contribution in [2.75, 3.05) is 13.2 Å². The zero-order chi connectivity index (χ0) is 28.0. The van der Waals surface area contributed by atoms with E-state index in [4.69, 9.17) is 14.7 Å². The molecule has 0 spiro atoms. The first-order valence-electron chi connectivity index (χ1n) is 12.8. The van der Waals surface area contributed by atoms with Crippen LogP contribution in [0.4, 0.5) is 13.6 Å². The lowest BCUT2D eigenvalue weighted by Gasteiger charge is -2.33. The SMILES string of the molecule is Cc1nc2cc(-c3cnn(C(F)F)c3)c(O[C@H]3CCN4C(=O)OC[C@@H]4C3)cc2c(=O)n1Cc1ccc(C#N)cc1. The molecule has 0 radical (unpaired) electrons. The quantitative estimate of drug-likeness (QED) is 0.355. The number of halogens is 2. The van der Waals surface area contributed by atoms with Crippen molar-refractivity contribution in [3.8, 4) is 22.9 Å². The van der Waals surface area contributed by atoms with Gasteiger partial charge in [-0.05, 0) is 36.8 Å². The normalized spacial score (nSPS) is 18.6. The highest BCUT2D eigenvalue weighted by Crippen LogP contribution is 2.36. The summed E-state index contributed by atoms with van der Waals surface area (Å²) in [6.07, 6.45) is 3.02. The third-order valence-corrected chi connectivity index (χ3v) is 7.38. The topological polar surface area (TPSA) is 115 Å². The maximum absolute atomic E-state index is 13.7. The van der Waals surface area contributed by atoms with Gasteiger partial charge in [-0.25, -0.2) is 14.5 Å². The Morgan fingerprint density at radius 1 is 1.23 bits per heavy atom. The standard InChI is InChI=1S/C28H24F2N6O4/c1-16-33-24-9-22(19-12-32-36(14-19)27(29)30)25(40-21-6-7-34-20(8-21)15-39-28(34)38)10-23(24)26(37)35(16)13-18-4-2-17(11-31)3-5-18/h2-5,9-10,12,14,20-21,27H,6-8,13,15H2,1H3/t20-,21-/m0/s1. The molecule has 2 aromatic heterocycles. The summed E-state index contributed by atoms with van der Waals surface area (Å²) in [4.78, 5) is 31.9. The second kappa shape index (κ2) is 10.1. The fourth-order valence-electron chi connectivity index (χ4n) is 5.27. The number of fused-ring (bicyclic) bond motifs is 2. The average Bonchev–Trinajstić information content (AvgIpc) is 3.59. The fraction of sp³-hybridized carbons (Fsp3) is 0.321. The second-order valence-corrected chi connectivity index (χ2v) is 9.90. The van der Waals surface area contributed by atoms with Crippen LogP contribution >= 0.6 is 0 Å². The van der Waals surface area contributed by atoms with E-state index >= 15 is 0 Å². The van der Waals surface area contributed by atoms with Gasteiger partial charge in [0.25, 0.3) is 5.56 Å². The average molecular weight is 547 g/mol. The molecule has 2 fully saturated rings. The number of aryl methyl sites for hydroxylation is 1. The van der Waals surface area contributed by atoms with Crippen molar-refractivity contribution >= 4 is 17.0 Å². The van der Waals surface area contributed by atoms with Gasteiger partial charge >= 0.3 is 12.6 Å². The molecule has 204 valence electrons. The van der Waals surface area contributed by atoms with Crippen molar-refractivity contribution in [2.45, 2.75) is 45.0 Å². The Kier molecular flexibility index (Phi) is 6.42. The molecule has 10 nitrogen and oxygen atoms in total. The number of aromatic nitrogens is 4. The summed E-state index contributed by atoms with van der Waals surface area (Å²) >= 11 is 0. The van der Waals surface area contributed by atoms with E-state index in [2.05, 4.69) is 16.2 Å². The molecule has 4 heterocycles. The van der Waals surface area contributed by atoms with Gasteiger partial charge in [-0.3, -0.25) is 9.36 Å². The number of cyclic esters (lactones) is 1. The number of ether oxygens (including phenoxy) is 2. The lowest BCUT2D eigenvalue weighted by atomic mass is 10.0. The van der Waals surface area contributed by atoms with E-state index in [1.807, 2.05) is 0 Å². The Labute approximate surface area is 227 Å². The Hall–Kier alpha value is -4.79. The highest BCUT2D eigenvalue weighted by atomic mass is 19.3. The molecule has 0 bridgehead atoms. The van der Waals surface area contributed by atoms with Crippen LogP contribution in [0.1, 0.15) is 36.3 Å². The van der Waals surface area contributed by atoms with Gasteiger partial charge in [-0.1, -0.05) is 12.1 Å². The predicted octanol–water partition coefficient (Wildman–Crippen LogP) is 4.25. The monoisotopic (exact) mass is 546 g/mol. The van der Waals surface area contributed by atoms with Crippen LogP contribution in [0.25, 0.3) is 22.0 Å². The van der Waals surface area contributed by atoms with Crippen LogP contribution in [0.15, 0.2) is 53.6 Å². The maximum Gasteiger partial charge on any atom is 0.410 e. The molecule has 2 aliphatic heterocycles. The van der Waals surface area contributed by atoms with Crippen molar-refractivity contribution in [1.29, 1.82) is 5.26 Å². The molecular weight excluding hydrogens is 522 g/mol. The number of hydrogen-bond acceptors (Lipinski definition) is 7. The van der Waals surface area contributed by atoms with Crippen LogP contribution in [0.3, 0.4) is 0 Å². The molecule has 40 heavy (non-hydrogen) atoms. The predicted molar refractivity (Wildman–Crippen MR) is 139 cm³/mol. The highest BCUT2D eigenvalue weighted by molar-refractivity contribution is 5.87. The molecular formula is C28H24F2N6O4. The Bertz CT molecular complexity index is 1710. The molecule has 0 N–H and O–H groups in total. The number of carbonyl (C=O) groups excluding carboxylic acids is 1. The molecule has 6 rings (SSSR count). The number of nitriles is 1. The first kappa shape index (κ1) is 25.5. The lowest BCUT2D eigenvalue weighted by Crippen LogP contribution is -2.44. The number of nitrogens with zero attached hydrogens (tertiary/aromatic N) is 6. The minimum atomic E-state index is -2.81. The molecule has 0 aliphatic carbocycles. The van der Waals surface area contributed by atoms with Crippen molar-refractivity contribution in [3.63, 3.8) is 0 Å². The summed E-state index contributed by atoms with van der Waals surface area (Å²) in [5.41, 5.74) is 2.35. The van der Waals surface area contributed by atoms with Crippen molar-refractivity contribution in [1.82, 2.24) is 24.2 Å². The minimum Gasteiger partial charge on any atom is -0.490 e. The number of benzene rings is 2. The number of hydrogen-bond donors (Lipinski definition) is 0. The van der Waals surface area contributed by atoms with Gasteiger partial charge in [0.05, 0.1) is 41.3 Å². The summed E-state index contributed by atoms with van der Waals surface area (Å²) in [5.74, 6) is 0.820. The third-order valence-electron chi connectivity index (χ3n) is 7.38. The van der Waals surface area contributed by atoms with Gasteiger partial charge < -0.3 is 14.4 Å². The molecule has 2 saturated heterocycles. The summed E-state index contributed by atoms with van der Waals surface area (Å²) in [6, 6.07) is 12.2. The van der Waals surface area contributed by atoms with Gasteiger partial charge in [-0.15, -0.1) is 0 Å². The molecule has 2 atom stereocenters. The van der Waals surface area contributed by atoms with E-state index in [-0.39, 0.29) is 36.9 Å². The van der Waals surface area contributed by atoms with E-state index in [0.717, 1.165) is 5.56 Å². The molecule has 2 aromatic carbocycles. The lowest BCUT2D eigenvalue weighted by molar-refractivity contribution is 0.0566. The highest BCUT2D eigenvalue weighted by Gasteiger charge is 2.39. The van der Waals surface area contributed by atoms with Gasteiger partial charge in [-0.2, -0.15) is 19.1 Å². The third kappa shape index (κ3) is 4.64. The number of carbonyl (C=O) groups is 1. The van der Waals surface area contributed by atoms with Crippen molar-refractivity contribution in [2.24, 2.45) is 0 Å². The zero-order valence-electron chi connectivity index (χ0n) is 21.5. The molecule has 0 unspecified atom stereocenters. The van der Waals surface area contributed by atoms with Gasteiger partial charge in [0.15, 0.2) is 0 Å². The summed E-state index contributed by atoms with van der Waals surface area (Å²) in [6.45, 7) is -0.0707. The van der Waals surface area contributed by atoms with E-state index in [9.17, 15) is 18.4 Å². The fourth-order valence-corrected chi connectivity index (χ4v) is 5.27. The molecule has 2 aliphatic rings. The van der Waals surface area contributed by atoms with Crippen molar-refractivity contribution < 1.29 is 23.0 Å². The van der Waals surface area contributed by atoms with Crippen LogP contribution in [-0.2, 0) is 11.3 Å². The number of alkyl halides is 2. The molecule has 0 saturated carbocycles. The van der Waals surface area contributed by atoms with E-state index < -0.39 is 6.55 Å². The maximum atomic E-state index is 13.7. The minimum absolute atomic E-state index is 0.106. The van der Waals surface area contributed by atoms with E-state index in [1.54, 1.807) is 52.8 Å². The molecule has 12 heteroatoms. The van der Waals surface area contributed by atoms with Crippen LogP contribution in [0.5, 0.6) is 5.75 Å². The zero-order valence-corrected chi connectivity index (χ0v) is 21.5. The van der Waals surface area contributed by atoms with Crippen molar-refractivity contribution in [3.05, 3.63) is 76.1 Å². The molecule has 4 aromatic rings. The van der Waals surface area contributed by atoms with Crippen LogP contribution in [0, 0.1) is 18.3 Å². The van der Waals surface area contributed by atoms with Gasteiger partial charge in [0, 0.05) is 36.7 Å². The van der Waals surface area contributed by atoms with Crippen LogP contribution < -0.4 is 10.3 Å². The Balaban J connectivity index is 1.41. The summed E-state index contributed by atoms with van der Waals surface area (Å²) in [5, 5.41) is 13.1. The van der Waals surface area contributed by atoms with Crippen LogP contribution in [-0.4, -0.2) is 55.6 Å². The molecule has 1 amide bonds. The van der Waals surface area contributed by atoms with Gasteiger partial charge in [0.2, 0.25) is 0 Å². The Morgan fingerprint density at radius 2 is 2.02 bits per heavy atom. The summed E-state index contributed by atoms with van der Waals surface area (Å²) < 4.78 is 40.3. The van der Waals surface area contributed by atoms with Crippen LogP contribution in [0.2, 0.25) is 0 Å². The van der Waals surface area contributed by atoms with E-state index in [0.29, 0.717) is 63.2 Å². The number of piperidine rings is 1. The number of amides is 1. The second-order valence-electron chi connectivity index (χ2n) is 9.90. The number of rotatable bonds is 6. The Morgan fingerprint density at radius 3 is 2.75 bits per heavy atom. The first-order valence-corrected chi connectivity index (χ1v) is 12.8.